The van der Waals surface area contributed by atoms with E-state index in [-0.39, 0.29) is 6.54 Å². The number of benzene rings is 1. The van der Waals surface area contributed by atoms with Gasteiger partial charge in [0.05, 0.1) is 12.7 Å². The lowest BCUT2D eigenvalue weighted by molar-refractivity contribution is 0.427. The van der Waals surface area contributed by atoms with E-state index in [2.05, 4.69) is 5.10 Å². The average molecular weight is 205 g/mol. The molecule has 0 aliphatic carbocycles. The van der Waals surface area contributed by atoms with Crippen molar-refractivity contribution in [2.24, 2.45) is 0 Å². The number of nitrogens with two attached hydrogens (primary N) is 1. The van der Waals surface area contributed by atoms with E-state index in [0.29, 0.717) is 5.69 Å². The molecule has 0 aliphatic heterocycles. The van der Waals surface area contributed by atoms with Crippen molar-refractivity contribution in [3.63, 3.8) is 0 Å². The molecule has 78 valence electrons. The molecule has 0 unspecified atom stereocenters. The summed E-state index contributed by atoms with van der Waals surface area (Å²) in [5, 5.41) is 4.04. The lowest BCUT2D eigenvalue weighted by Gasteiger charge is -2.01. The second kappa shape index (κ2) is 4.13. The van der Waals surface area contributed by atoms with Crippen molar-refractivity contribution in [1.29, 1.82) is 0 Å². The molecule has 0 atom stereocenters. The summed E-state index contributed by atoms with van der Waals surface area (Å²) in [5.74, 6) is 0. The highest BCUT2D eigenvalue weighted by molar-refractivity contribution is 5.75. The molecule has 0 amide bonds. The van der Waals surface area contributed by atoms with Gasteiger partial charge in [-0.05, 0) is 6.07 Å². The van der Waals surface area contributed by atoms with Crippen molar-refractivity contribution in [2.45, 2.75) is 6.54 Å². The van der Waals surface area contributed by atoms with Gasteiger partial charge < -0.3 is 5.73 Å². The van der Waals surface area contributed by atoms with Gasteiger partial charge in [-0.1, -0.05) is 18.2 Å². The molecular weight excluding hydrogens is 193 g/mol. The molecule has 2 N–H and O–H groups in total. The van der Waals surface area contributed by atoms with E-state index in [1.165, 1.54) is 0 Å². The van der Waals surface area contributed by atoms with E-state index in [1.807, 2.05) is 24.3 Å². The van der Waals surface area contributed by atoms with Crippen molar-refractivity contribution in [3.8, 4) is 11.1 Å². The largest absolute Gasteiger partial charge is 0.398 e. The molecule has 0 saturated heterocycles. The maximum absolute atomic E-state index is 12.1. The molecule has 1 aromatic heterocycles. The molecule has 3 nitrogen and oxygen atoms in total. The van der Waals surface area contributed by atoms with Gasteiger partial charge in [0.15, 0.2) is 0 Å². The molecule has 2 rings (SSSR count). The predicted octanol–water partition coefficient (Wildman–Crippen LogP) is 2.10. The third-order valence-corrected chi connectivity index (χ3v) is 2.22. The smallest absolute Gasteiger partial charge is 0.109 e. The SMILES string of the molecule is Nc1ccccc1-c1cnn(CCF)c1. The standard InChI is InChI=1S/C11H12FN3/c12-5-6-15-8-9(7-14-15)10-3-1-2-4-11(10)13/h1-4,7-8H,5-6,13H2. The van der Waals surface area contributed by atoms with Crippen LogP contribution in [-0.2, 0) is 6.54 Å². The second-order valence-electron chi connectivity index (χ2n) is 3.27. The van der Waals surface area contributed by atoms with Gasteiger partial charge in [-0.2, -0.15) is 5.10 Å². The maximum atomic E-state index is 12.1. The molecule has 1 heterocycles. The van der Waals surface area contributed by atoms with Crippen molar-refractivity contribution < 1.29 is 4.39 Å². The first-order valence-electron chi connectivity index (χ1n) is 4.74. The highest BCUT2D eigenvalue weighted by atomic mass is 19.1. The summed E-state index contributed by atoms with van der Waals surface area (Å²) in [7, 11) is 0. The maximum Gasteiger partial charge on any atom is 0.109 e. The van der Waals surface area contributed by atoms with Crippen LogP contribution in [0.15, 0.2) is 36.7 Å². The van der Waals surface area contributed by atoms with Crippen LogP contribution in [0.5, 0.6) is 0 Å². The zero-order valence-corrected chi connectivity index (χ0v) is 8.23. The molecule has 0 saturated carbocycles. The Kier molecular flexibility index (Phi) is 2.67. The lowest BCUT2D eigenvalue weighted by Crippen LogP contribution is -1.98. The van der Waals surface area contributed by atoms with Gasteiger partial charge in [0, 0.05) is 23.0 Å². The second-order valence-corrected chi connectivity index (χ2v) is 3.27. The molecule has 0 spiro atoms. The number of rotatable bonds is 3. The van der Waals surface area contributed by atoms with Gasteiger partial charge in [0.2, 0.25) is 0 Å². The third-order valence-electron chi connectivity index (χ3n) is 2.22. The number of hydrogen-bond donors (Lipinski definition) is 1. The first-order chi connectivity index (χ1) is 7.31. The van der Waals surface area contributed by atoms with Gasteiger partial charge in [-0.15, -0.1) is 0 Å². The summed E-state index contributed by atoms with van der Waals surface area (Å²) in [6, 6.07) is 7.55. The van der Waals surface area contributed by atoms with Gasteiger partial charge in [0.1, 0.15) is 6.67 Å². The number of para-hydroxylation sites is 1. The van der Waals surface area contributed by atoms with Gasteiger partial charge in [-0.3, -0.25) is 4.68 Å². The Morgan fingerprint density at radius 2 is 2.13 bits per heavy atom. The normalized spacial score (nSPS) is 10.5. The van der Waals surface area contributed by atoms with Crippen molar-refractivity contribution in [3.05, 3.63) is 36.7 Å². The molecule has 0 aliphatic rings. The van der Waals surface area contributed by atoms with Gasteiger partial charge >= 0.3 is 0 Å². The molecule has 1 aromatic carbocycles. The van der Waals surface area contributed by atoms with Crippen molar-refractivity contribution in [2.75, 3.05) is 12.4 Å². The Bertz CT molecular complexity index is 451. The number of halogens is 1. The number of aryl methyl sites for hydroxylation is 1. The van der Waals surface area contributed by atoms with Crippen LogP contribution < -0.4 is 5.73 Å². The fourth-order valence-corrected chi connectivity index (χ4v) is 1.47. The molecule has 0 bridgehead atoms. The number of aromatic nitrogens is 2. The Morgan fingerprint density at radius 1 is 1.33 bits per heavy atom. The minimum Gasteiger partial charge on any atom is -0.398 e. The monoisotopic (exact) mass is 205 g/mol. The first-order valence-corrected chi connectivity index (χ1v) is 4.74. The minimum atomic E-state index is -0.411. The number of anilines is 1. The quantitative estimate of drug-likeness (QED) is 0.780. The number of alkyl halides is 1. The number of nitrogen functional groups attached to an aromatic ring is 1. The summed E-state index contributed by atoms with van der Waals surface area (Å²) in [5.41, 5.74) is 8.38. The van der Waals surface area contributed by atoms with E-state index in [9.17, 15) is 4.39 Å². The third kappa shape index (κ3) is 1.98. The average Bonchev–Trinajstić information content (AvgIpc) is 2.68. The van der Waals surface area contributed by atoms with Crippen LogP contribution in [0.25, 0.3) is 11.1 Å². The highest BCUT2D eigenvalue weighted by Crippen LogP contribution is 2.24. The molecule has 4 heteroatoms. The predicted molar refractivity (Wildman–Crippen MR) is 58.1 cm³/mol. The Morgan fingerprint density at radius 3 is 2.87 bits per heavy atom. The Labute approximate surface area is 87.3 Å². The molecule has 0 fully saturated rings. The van der Waals surface area contributed by atoms with Crippen LogP contribution in [0.2, 0.25) is 0 Å². The summed E-state index contributed by atoms with van der Waals surface area (Å²) in [6.07, 6.45) is 3.49. The Balaban J connectivity index is 2.33. The number of hydrogen-bond acceptors (Lipinski definition) is 2. The van der Waals surface area contributed by atoms with Crippen molar-refractivity contribution in [1.82, 2.24) is 9.78 Å². The van der Waals surface area contributed by atoms with E-state index >= 15 is 0 Å². The van der Waals surface area contributed by atoms with E-state index in [1.54, 1.807) is 17.1 Å². The molecule has 0 radical (unpaired) electrons. The number of nitrogens with zero attached hydrogens (tertiary/aromatic N) is 2. The van der Waals surface area contributed by atoms with Crippen LogP contribution >= 0.6 is 0 Å². The highest BCUT2D eigenvalue weighted by Gasteiger charge is 2.04. The van der Waals surface area contributed by atoms with Crippen LogP contribution in [0.4, 0.5) is 10.1 Å². The van der Waals surface area contributed by atoms with Crippen LogP contribution in [-0.4, -0.2) is 16.5 Å². The first kappa shape index (κ1) is 9.71. The summed E-state index contributed by atoms with van der Waals surface area (Å²) in [6.45, 7) is -0.127. The van der Waals surface area contributed by atoms with Gasteiger partial charge in [-0.25, -0.2) is 4.39 Å². The molecule has 15 heavy (non-hydrogen) atoms. The summed E-state index contributed by atoms with van der Waals surface area (Å²) >= 11 is 0. The lowest BCUT2D eigenvalue weighted by atomic mass is 10.1. The summed E-state index contributed by atoms with van der Waals surface area (Å²) < 4.78 is 13.7. The fraction of sp³-hybridized carbons (Fsp3) is 0.182. The van der Waals surface area contributed by atoms with E-state index in [0.717, 1.165) is 11.1 Å². The van der Waals surface area contributed by atoms with E-state index in [4.69, 9.17) is 5.73 Å². The van der Waals surface area contributed by atoms with Crippen LogP contribution in [0, 0.1) is 0 Å². The van der Waals surface area contributed by atoms with Crippen LogP contribution in [0.1, 0.15) is 0 Å². The van der Waals surface area contributed by atoms with Gasteiger partial charge in [0.25, 0.3) is 0 Å². The van der Waals surface area contributed by atoms with E-state index < -0.39 is 6.67 Å². The zero-order valence-electron chi connectivity index (χ0n) is 8.23. The Hall–Kier alpha value is -1.84. The topological polar surface area (TPSA) is 43.8 Å². The zero-order chi connectivity index (χ0) is 10.7. The molecular formula is C11H12FN3. The van der Waals surface area contributed by atoms with Crippen molar-refractivity contribution >= 4 is 5.69 Å². The summed E-state index contributed by atoms with van der Waals surface area (Å²) in [4.78, 5) is 0. The fourth-order valence-electron chi connectivity index (χ4n) is 1.47. The minimum absolute atomic E-state index is 0.284. The van der Waals surface area contributed by atoms with Crippen LogP contribution in [0.3, 0.4) is 0 Å². The molecule has 2 aromatic rings.